The molecule has 0 aliphatic heterocycles. The van der Waals surface area contributed by atoms with Crippen molar-refractivity contribution < 1.29 is 4.79 Å². The summed E-state index contributed by atoms with van der Waals surface area (Å²) in [6.07, 6.45) is 7.98. The number of carbonyl (C=O) groups excluding carboxylic acids is 1. The molecule has 1 heteroatoms. The molecule has 0 fully saturated rings. The van der Waals surface area contributed by atoms with Gasteiger partial charge >= 0.3 is 0 Å². The van der Waals surface area contributed by atoms with Crippen LogP contribution >= 0.6 is 0 Å². The molecule has 0 aliphatic rings. The molecular formula is C10H18O. The van der Waals surface area contributed by atoms with Gasteiger partial charge in [-0.15, -0.1) is 0 Å². The van der Waals surface area contributed by atoms with Crippen LogP contribution in [0, 0.1) is 0 Å². The molecule has 1 nitrogen and oxygen atoms in total. The van der Waals surface area contributed by atoms with Crippen LogP contribution in [0.15, 0.2) is 12.2 Å². The van der Waals surface area contributed by atoms with Crippen LogP contribution in [-0.4, -0.2) is 6.29 Å². The lowest BCUT2D eigenvalue weighted by Crippen LogP contribution is -1.83. The SMILES string of the molecule is C=C(C=O)CCCCCCC. The second-order valence-corrected chi connectivity index (χ2v) is 2.94. The molecule has 64 valence electrons. The monoisotopic (exact) mass is 154 g/mol. The standard InChI is InChI=1S/C10H18O/c1-3-4-5-6-7-8-10(2)9-11/h9H,2-8H2,1H3. The van der Waals surface area contributed by atoms with E-state index < -0.39 is 0 Å². The number of hydrogen-bond donors (Lipinski definition) is 0. The van der Waals surface area contributed by atoms with Gasteiger partial charge in [-0.25, -0.2) is 0 Å². The predicted molar refractivity (Wildman–Crippen MR) is 48.6 cm³/mol. The molecule has 0 heterocycles. The number of rotatable bonds is 7. The average molecular weight is 154 g/mol. The molecule has 0 aromatic heterocycles. The summed E-state index contributed by atoms with van der Waals surface area (Å²) in [6.45, 7) is 5.82. The van der Waals surface area contributed by atoms with Gasteiger partial charge in [-0.3, -0.25) is 4.79 Å². The second kappa shape index (κ2) is 7.52. The lowest BCUT2D eigenvalue weighted by Gasteiger charge is -1.97. The lowest BCUT2D eigenvalue weighted by atomic mass is 10.1. The van der Waals surface area contributed by atoms with Crippen LogP contribution in [0.3, 0.4) is 0 Å². The topological polar surface area (TPSA) is 17.1 Å². The van der Waals surface area contributed by atoms with E-state index in [-0.39, 0.29) is 0 Å². The van der Waals surface area contributed by atoms with E-state index in [1.807, 2.05) is 0 Å². The molecule has 0 spiro atoms. The fourth-order valence-electron chi connectivity index (χ4n) is 1.01. The Morgan fingerprint density at radius 3 is 2.45 bits per heavy atom. The van der Waals surface area contributed by atoms with Crippen molar-refractivity contribution >= 4 is 6.29 Å². The van der Waals surface area contributed by atoms with Crippen LogP contribution < -0.4 is 0 Å². The summed E-state index contributed by atoms with van der Waals surface area (Å²) in [5.41, 5.74) is 0.737. The Hall–Kier alpha value is -0.590. The molecule has 0 N–H and O–H groups in total. The first kappa shape index (κ1) is 10.4. The van der Waals surface area contributed by atoms with Gasteiger partial charge in [-0.05, 0) is 18.4 Å². The Morgan fingerprint density at radius 2 is 1.91 bits per heavy atom. The van der Waals surface area contributed by atoms with Gasteiger partial charge in [0.05, 0.1) is 0 Å². The van der Waals surface area contributed by atoms with Crippen molar-refractivity contribution in [3.05, 3.63) is 12.2 Å². The van der Waals surface area contributed by atoms with Gasteiger partial charge in [0.15, 0.2) is 0 Å². The number of carbonyl (C=O) groups is 1. The highest BCUT2D eigenvalue weighted by atomic mass is 16.1. The molecule has 0 aliphatic carbocycles. The van der Waals surface area contributed by atoms with E-state index in [2.05, 4.69) is 13.5 Å². The summed E-state index contributed by atoms with van der Waals surface area (Å²) in [6, 6.07) is 0. The molecule has 0 atom stereocenters. The van der Waals surface area contributed by atoms with Crippen molar-refractivity contribution in [3.8, 4) is 0 Å². The van der Waals surface area contributed by atoms with Gasteiger partial charge in [0, 0.05) is 0 Å². The quantitative estimate of drug-likeness (QED) is 0.313. The van der Waals surface area contributed by atoms with E-state index in [1.54, 1.807) is 0 Å². The second-order valence-electron chi connectivity index (χ2n) is 2.94. The molecule has 0 aromatic carbocycles. The molecule has 0 bridgehead atoms. The van der Waals surface area contributed by atoms with E-state index >= 15 is 0 Å². The van der Waals surface area contributed by atoms with Crippen LogP contribution in [0.2, 0.25) is 0 Å². The van der Waals surface area contributed by atoms with Crippen molar-refractivity contribution in [2.45, 2.75) is 45.4 Å². The number of allylic oxidation sites excluding steroid dienone is 1. The Labute approximate surface area is 69.5 Å². The minimum Gasteiger partial charge on any atom is -0.298 e. The summed E-state index contributed by atoms with van der Waals surface area (Å²) >= 11 is 0. The Balaban J connectivity index is 3.01. The lowest BCUT2D eigenvalue weighted by molar-refractivity contribution is -0.105. The minimum atomic E-state index is 0.737. The van der Waals surface area contributed by atoms with E-state index in [0.29, 0.717) is 0 Å². The zero-order valence-corrected chi connectivity index (χ0v) is 7.44. The van der Waals surface area contributed by atoms with Gasteiger partial charge in [-0.2, -0.15) is 0 Å². The zero-order valence-electron chi connectivity index (χ0n) is 7.44. The van der Waals surface area contributed by atoms with Crippen LogP contribution in [0.4, 0.5) is 0 Å². The molecule has 0 unspecified atom stereocenters. The zero-order chi connectivity index (χ0) is 8.53. The fourth-order valence-corrected chi connectivity index (χ4v) is 1.01. The number of hydrogen-bond acceptors (Lipinski definition) is 1. The van der Waals surface area contributed by atoms with Gasteiger partial charge in [0.2, 0.25) is 0 Å². The van der Waals surface area contributed by atoms with Crippen LogP contribution in [0.25, 0.3) is 0 Å². The first-order valence-corrected chi connectivity index (χ1v) is 4.44. The number of unbranched alkanes of at least 4 members (excludes halogenated alkanes) is 4. The molecule has 0 aromatic rings. The highest BCUT2D eigenvalue weighted by Crippen LogP contribution is 2.07. The maximum atomic E-state index is 10.1. The predicted octanol–water partition coefficient (Wildman–Crippen LogP) is 3.10. The van der Waals surface area contributed by atoms with E-state index in [1.165, 1.54) is 25.7 Å². The average Bonchev–Trinajstić information content (AvgIpc) is 2.04. The van der Waals surface area contributed by atoms with E-state index in [4.69, 9.17) is 0 Å². The largest absolute Gasteiger partial charge is 0.298 e. The smallest absolute Gasteiger partial charge is 0.145 e. The summed E-state index contributed by atoms with van der Waals surface area (Å²) in [7, 11) is 0. The molecule has 0 radical (unpaired) electrons. The number of aldehydes is 1. The summed E-state index contributed by atoms with van der Waals surface area (Å²) in [5, 5.41) is 0. The summed E-state index contributed by atoms with van der Waals surface area (Å²) in [5.74, 6) is 0. The third-order valence-corrected chi connectivity index (χ3v) is 1.77. The maximum Gasteiger partial charge on any atom is 0.145 e. The van der Waals surface area contributed by atoms with Crippen molar-refractivity contribution in [2.24, 2.45) is 0 Å². The Bertz CT molecular complexity index is 116. The molecule has 0 amide bonds. The van der Waals surface area contributed by atoms with Gasteiger partial charge < -0.3 is 0 Å². The third kappa shape index (κ3) is 7.31. The highest BCUT2D eigenvalue weighted by molar-refractivity contribution is 5.71. The Morgan fingerprint density at radius 1 is 1.27 bits per heavy atom. The summed E-state index contributed by atoms with van der Waals surface area (Å²) in [4.78, 5) is 10.1. The van der Waals surface area contributed by atoms with Crippen LogP contribution in [0.1, 0.15) is 45.4 Å². The highest BCUT2D eigenvalue weighted by Gasteiger charge is 1.91. The Kier molecular flexibility index (Phi) is 7.11. The molecule has 0 saturated carbocycles. The minimum absolute atomic E-state index is 0.737. The van der Waals surface area contributed by atoms with Crippen molar-refractivity contribution in [3.63, 3.8) is 0 Å². The molecular weight excluding hydrogens is 136 g/mol. The maximum absolute atomic E-state index is 10.1. The molecule has 0 rings (SSSR count). The van der Waals surface area contributed by atoms with E-state index in [0.717, 1.165) is 24.7 Å². The first-order chi connectivity index (χ1) is 5.31. The molecule has 0 saturated heterocycles. The van der Waals surface area contributed by atoms with Crippen molar-refractivity contribution in [1.82, 2.24) is 0 Å². The van der Waals surface area contributed by atoms with Crippen LogP contribution in [-0.2, 0) is 4.79 Å². The first-order valence-electron chi connectivity index (χ1n) is 4.44. The van der Waals surface area contributed by atoms with Gasteiger partial charge in [0.1, 0.15) is 6.29 Å². The summed E-state index contributed by atoms with van der Waals surface area (Å²) < 4.78 is 0. The van der Waals surface area contributed by atoms with Crippen molar-refractivity contribution in [1.29, 1.82) is 0 Å². The van der Waals surface area contributed by atoms with Crippen LogP contribution in [0.5, 0.6) is 0 Å². The van der Waals surface area contributed by atoms with Gasteiger partial charge in [-0.1, -0.05) is 39.2 Å². The van der Waals surface area contributed by atoms with Gasteiger partial charge in [0.25, 0.3) is 0 Å². The normalized spacial score (nSPS) is 9.55. The fraction of sp³-hybridized carbons (Fsp3) is 0.700. The van der Waals surface area contributed by atoms with E-state index in [9.17, 15) is 4.79 Å². The third-order valence-electron chi connectivity index (χ3n) is 1.77. The molecule has 11 heavy (non-hydrogen) atoms. The van der Waals surface area contributed by atoms with Crippen molar-refractivity contribution in [2.75, 3.05) is 0 Å².